The second-order valence-electron chi connectivity index (χ2n) is 5.77. The van der Waals surface area contributed by atoms with Gasteiger partial charge in [0.05, 0.1) is 9.93 Å². The number of nitrogens with one attached hydrogen (secondary N) is 1. The van der Waals surface area contributed by atoms with Crippen LogP contribution in [0.5, 0.6) is 11.5 Å². The number of carbonyl (C=O) groups excluding carboxylic acids is 2. The number of halogens is 3. The summed E-state index contributed by atoms with van der Waals surface area (Å²) in [6, 6.07) is 8.51. The van der Waals surface area contributed by atoms with Crippen LogP contribution in [-0.2, 0) is 4.79 Å². The van der Waals surface area contributed by atoms with Crippen LogP contribution in [0.3, 0.4) is 0 Å². The normalized spacial score (nSPS) is 15.1. The number of hydrogen-bond acceptors (Lipinski definition) is 5. The highest BCUT2D eigenvalue weighted by atomic mass is 35.5. The van der Waals surface area contributed by atoms with Gasteiger partial charge in [0.15, 0.2) is 0 Å². The van der Waals surface area contributed by atoms with Crippen molar-refractivity contribution in [3.8, 4) is 11.5 Å². The van der Waals surface area contributed by atoms with Crippen LogP contribution in [0, 0.1) is 6.92 Å². The molecule has 1 N–H and O–H groups in total. The maximum Gasteiger partial charge on any atom is 0.290 e. The SMILES string of the molecule is Cc1cc(OCCOc2c(Cl)cc(Cl)cc2/C=C2/SC(=O)NC2=O)ccc1Cl. The van der Waals surface area contributed by atoms with Crippen molar-refractivity contribution in [2.75, 3.05) is 13.2 Å². The van der Waals surface area contributed by atoms with Gasteiger partial charge in [-0.15, -0.1) is 0 Å². The number of benzene rings is 2. The molecule has 0 atom stereocenters. The number of hydrogen-bond donors (Lipinski definition) is 1. The van der Waals surface area contributed by atoms with Gasteiger partial charge in [0.1, 0.15) is 24.7 Å². The minimum atomic E-state index is -0.474. The van der Waals surface area contributed by atoms with E-state index >= 15 is 0 Å². The zero-order chi connectivity index (χ0) is 20.3. The number of carbonyl (C=O) groups is 2. The average molecular weight is 459 g/mol. The number of imide groups is 1. The fourth-order valence-corrected chi connectivity index (χ4v) is 3.77. The van der Waals surface area contributed by atoms with Gasteiger partial charge in [-0.05, 0) is 60.7 Å². The first-order valence-electron chi connectivity index (χ1n) is 8.09. The van der Waals surface area contributed by atoms with Gasteiger partial charge in [0.2, 0.25) is 0 Å². The molecule has 1 aliphatic rings. The maximum absolute atomic E-state index is 11.8. The third-order valence-corrected chi connectivity index (χ3v) is 5.43. The minimum absolute atomic E-state index is 0.206. The lowest BCUT2D eigenvalue weighted by molar-refractivity contribution is -0.115. The molecule has 0 aromatic heterocycles. The number of rotatable bonds is 6. The van der Waals surface area contributed by atoms with Crippen LogP contribution in [0.4, 0.5) is 4.79 Å². The van der Waals surface area contributed by atoms with E-state index < -0.39 is 11.1 Å². The average Bonchev–Trinajstić information content (AvgIpc) is 2.93. The second kappa shape index (κ2) is 9.09. The molecule has 5 nitrogen and oxygen atoms in total. The molecule has 1 heterocycles. The van der Waals surface area contributed by atoms with Crippen molar-refractivity contribution in [3.05, 3.63) is 61.4 Å². The summed E-state index contributed by atoms with van der Waals surface area (Å²) < 4.78 is 11.4. The third kappa shape index (κ3) is 5.14. The summed E-state index contributed by atoms with van der Waals surface area (Å²) in [5.74, 6) is 0.549. The van der Waals surface area contributed by atoms with Crippen molar-refractivity contribution in [1.82, 2.24) is 5.32 Å². The first kappa shape index (κ1) is 20.9. The first-order chi connectivity index (χ1) is 13.3. The Labute approximate surface area is 180 Å². The molecule has 1 fully saturated rings. The Morgan fingerprint density at radius 3 is 2.46 bits per heavy atom. The van der Waals surface area contributed by atoms with E-state index in [-0.39, 0.29) is 23.1 Å². The molecule has 0 saturated carbocycles. The van der Waals surface area contributed by atoms with Crippen LogP contribution < -0.4 is 14.8 Å². The predicted molar refractivity (Wildman–Crippen MR) is 113 cm³/mol. The summed E-state index contributed by atoms with van der Waals surface area (Å²) in [4.78, 5) is 23.4. The van der Waals surface area contributed by atoms with E-state index in [4.69, 9.17) is 44.3 Å². The highest BCUT2D eigenvalue weighted by Crippen LogP contribution is 2.36. The topological polar surface area (TPSA) is 64.6 Å². The Kier molecular flexibility index (Phi) is 6.78. The molecule has 2 aromatic carbocycles. The molecule has 28 heavy (non-hydrogen) atoms. The molecular weight excluding hydrogens is 445 g/mol. The van der Waals surface area contributed by atoms with Crippen LogP contribution in [0.15, 0.2) is 35.2 Å². The van der Waals surface area contributed by atoms with E-state index in [1.165, 1.54) is 12.1 Å². The third-order valence-electron chi connectivity index (χ3n) is 3.69. The minimum Gasteiger partial charge on any atom is -0.490 e. The van der Waals surface area contributed by atoms with Crippen LogP contribution in [0.1, 0.15) is 11.1 Å². The molecular formula is C19H14Cl3NO4S. The zero-order valence-corrected chi connectivity index (χ0v) is 17.6. The molecule has 2 amide bonds. The van der Waals surface area contributed by atoms with Gasteiger partial charge in [0.25, 0.3) is 11.1 Å². The van der Waals surface area contributed by atoms with Gasteiger partial charge < -0.3 is 9.47 Å². The van der Waals surface area contributed by atoms with Crippen LogP contribution in [0.2, 0.25) is 15.1 Å². The molecule has 0 spiro atoms. The molecule has 0 aliphatic carbocycles. The lowest BCUT2D eigenvalue weighted by Crippen LogP contribution is -2.17. The molecule has 1 saturated heterocycles. The van der Waals surface area contributed by atoms with E-state index in [1.54, 1.807) is 18.2 Å². The molecule has 0 unspecified atom stereocenters. The fourth-order valence-electron chi connectivity index (χ4n) is 2.41. The van der Waals surface area contributed by atoms with Gasteiger partial charge in [-0.3, -0.25) is 14.9 Å². The van der Waals surface area contributed by atoms with E-state index in [0.717, 1.165) is 17.3 Å². The van der Waals surface area contributed by atoms with Gasteiger partial charge in [0, 0.05) is 15.6 Å². The van der Waals surface area contributed by atoms with Crippen LogP contribution in [-0.4, -0.2) is 24.4 Å². The van der Waals surface area contributed by atoms with Crippen LogP contribution in [0.25, 0.3) is 6.08 Å². The van der Waals surface area contributed by atoms with Crippen molar-refractivity contribution < 1.29 is 19.1 Å². The van der Waals surface area contributed by atoms with Crippen LogP contribution >= 0.6 is 46.6 Å². The van der Waals surface area contributed by atoms with Gasteiger partial charge in [-0.1, -0.05) is 34.8 Å². The molecule has 1 aliphatic heterocycles. The number of ether oxygens (including phenoxy) is 2. The summed E-state index contributed by atoms with van der Waals surface area (Å²) in [5.41, 5.74) is 1.41. The van der Waals surface area contributed by atoms with Crippen molar-refractivity contribution >= 4 is 63.8 Å². The molecule has 3 rings (SSSR count). The Bertz CT molecular complexity index is 978. The quantitative estimate of drug-likeness (QED) is 0.442. The number of thioether (sulfide) groups is 1. The van der Waals surface area contributed by atoms with Crippen molar-refractivity contribution in [2.45, 2.75) is 6.92 Å². The molecule has 2 aromatic rings. The lowest BCUT2D eigenvalue weighted by atomic mass is 10.2. The summed E-state index contributed by atoms with van der Waals surface area (Å²) in [6.07, 6.45) is 1.52. The number of amides is 2. The highest BCUT2D eigenvalue weighted by molar-refractivity contribution is 8.18. The Balaban J connectivity index is 1.71. The van der Waals surface area contributed by atoms with Gasteiger partial charge >= 0.3 is 0 Å². The van der Waals surface area contributed by atoms with E-state index in [1.807, 2.05) is 13.0 Å². The van der Waals surface area contributed by atoms with E-state index in [2.05, 4.69) is 5.32 Å². The Morgan fingerprint density at radius 2 is 1.79 bits per heavy atom. The standard InChI is InChI=1S/C19H14Cl3NO4S/c1-10-6-13(2-3-14(10)21)26-4-5-27-17-11(7-12(20)9-15(17)22)8-16-18(24)23-19(25)28-16/h2-3,6-9H,4-5H2,1H3,(H,23,24,25)/b16-8+. The zero-order valence-electron chi connectivity index (χ0n) is 14.6. The molecule has 9 heteroatoms. The molecule has 146 valence electrons. The van der Waals surface area contributed by atoms with Gasteiger partial charge in [-0.2, -0.15) is 0 Å². The van der Waals surface area contributed by atoms with Crippen molar-refractivity contribution in [1.29, 1.82) is 0 Å². The van der Waals surface area contributed by atoms with Gasteiger partial charge in [-0.25, -0.2) is 0 Å². The maximum atomic E-state index is 11.8. The first-order valence-corrected chi connectivity index (χ1v) is 10.0. The Hall–Kier alpha value is -1.86. The summed E-state index contributed by atoms with van der Waals surface area (Å²) in [5, 5.41) is 3.10. The highest BCUT2D eigenvalue weighted by Gasteiger charge is 2.25. The molecule has 0 radical (unpaired) electrons. The fraction of sp³-hybridized carbons (Fsp3) is 0.158. The second-order valence-corrected chi connectivity index (χ2v) is 8.03. The van der Waals surface area contributed by atoms with E-state index in [0.29, 0.717) is 27.1 Å². The smallest absolute Gasteiger partial charge is 0.290 e. The monoisotopic (exact) mass is 457 g/mol. The van der Waals surface area contributed by atoms with E-state index in [9.17, 15) is 9.59 Å². The van der Waals surface area contributed by atoms with Crippen molar-refractivity contribution in [3.63, 3.8) is 0 Å². The lowest BCUT2D eigenvalue weighted by Gasteiger charge is -2.13. The predicted octanol–water partition coefficient (Wildman–Crippen LogP) is 5.74. The Morgan fingerprint density at radius 1 is 1.04 bits per heavy atom. The van der Waals surface area contributed by atoms with Crippen molar-refractivity contribution in [2.24, 2.45) is 0 Å². The largest absolute Gasteiger partial charge is 0.490 e. The number of aryl methyl sites for hydroxylation is 1. The molecule has 0 bridgehead atoms. The summed E-state index contributed by atoms with van der Waals surface area (Å²) in [6.45, 7) is 2.36. The summed E-state index contributed by atoms with van der Waals surface area (Å²) >= 11 is 19.1. The summed E-state index contributed by atoms with van der Waals surface area (Å²) in [7, 11) is 0.